The lowest BCUT2D eigenvalue weighted by Crippen LogP contribution is -2.40. The summed E-state index contributed by atoms with van der Waals surface area (Å²) in [7, 11) is 0. The number of anilines is 1. The third kappa shape index (κ3) is 3.75. The minimum atomic E-state index is -0.154. The first-order chi connectivity index (χ1) is 11.9. The van der Waals surface area contributed by atoms with Gasteiger partial charge in [-0.2, -0.15) is 5.10 Å². The lowest BCUT2D eigenvalue weighted by atomic mass is 9.92. The standard InChI is InChI=1S/C18H25N5O2/c1-5-25-16-14(7-6-8-19-16)20-17(24)22-9-10-23-13(12-22)11-15(21-23)18(2,3)4/h6-8,11H,5,9-10,12H2,1-4H3,(H,20,24). The van der Waals surface area contributed by atoms with Gasteiger partial charge < -0.3 is 15.0 Å². The minimum Gasteiger partial charge on any atom is -0.476 e. The van der Waals surface area contributed by atoms with Crippen molar-refractivity contribution >= 4 is 11.7 Å². The van der Waals surface area contributed by atoms with Crippen molar-refractivity contribution in [2.75, 3.05) is 18.5 Å². The lowest BCUT2D eigenvalue weighted by Gasteiger charge is -2.28. The Balaban J connectivity index is 1.72. The van der Waals surface area contributed by atoms with E-state index in [1.165, 1.54) is 0 Å². The highest BCUT2D eigenvalue weighted by atomic mass is 16.5. The number of nitrogens with zero attached hydrogens (tertiary/aromatic N) is 4. The van der Waals surface area contributed by atoms with Gasteiger partial charge in [-0.15, -0.1) is 0 Å². The van der Waals surface area contributed by atoms with Crippen LogP contribution in [0.2, 0.25) is 0 Å². The van der Waals surface area contributed by atoms with E-state index >= 15 is 0 Å². The Morgan fingerprint density at radius 2 is 2.16 bits per heavy atom. The first-order valence-corrected chi connectivity index (χ1v) is 8.59. The van der Waals surface area contributed by atoms with Crippen molar-refractivity contribution in [2.24, 2.45) is 0 Å². The molecule has 7 heteroatoms. The predicted octanol–water partition coefficient (Wildman–Crippen LogP) is 3.02. The van der Waals surface area contributed by atoms with Crippen LogP contribution in [0.25, 0.3) is 0 Å². The Morgan fingerprint density at radius 3 is 2.88 bits per heavy atom. The molecule has 0 saturated heterocycles. The van der Waals surface area contributed by atoms with E-state index in [-0.39, 0.29) is 11.4 Å². The Kier molecular flexibility index (Phi) is 4.65. The average molecular weight is 343 g/mol. The van der Waals surface area contributed by atoms with Crippen LogP contribution in [0.5, 0.6) is 5.88 Å². The van der Waals surface area contributed by atoms with Gasteiger partial charge in [0.05, 0.1) is 31.1 Å². The molecule has 0 aliphatic carbocycles. The molecule has 2 amide bonds. The van der Waals surface area contributed by atoms with Crippen molar-refractivity contribution in [3.05, 3.63) is 35.8 Å². The molecule has 2 aromatic rings. The van der Waals surface area contributed by atoms with Crippen LogP contribution in [0.15, 0.2) is 24.4 Å². The van der Waals surface area contributed by atoms with Gasteiger partial charge in [0.1, 0.15) is 5.69 Å². The maximum absolute atomic E-state index is 12.6. The number of carbonyl (C=O) groups is 1. The van der Waals surface area contributed by atoms with Gasteiger partial charge >= 0.3 is 6.03 Å². The zero-order valence-corrected chi connectivity index (χ0v) is 15.2. The van der Waals surface area contributed by atoms with Crippen molar-refractivity contribution in [3.63, 3.8) is 0 Å². The highest BCUT2D eigenvalue weighted by Gasteiger charge is 2.26. The van der Waals surface area contributed by atoms with E-state index in [4.69, 9.17) is 4.74 Å². The average Bonchev–Trinajstić information content (AvgIpc) is 3.00. The molecule has 3 heterocycles. The number of rotatable bonds is 3. The van der Waals surface area contributed by atoms with E-state index < -0.39 is 0 Å². The summed E-state index contributed by atoms with van der Waals surface area (Å²) in [5.41, 5.74) is 2.70. The summed E-state index contributed by atoms with van der Waals surface area (Å²) in [4.78, 5) is 18.6. The number of amides is 2. The quantitative estimate of drug-likeness (QED) is 0.930. The maximum Gasteiger partial charge on any atom is 0.322 e. The molecule has 0 fully saturated rings. The van der Waals surface area contributed by atoms with Gasteiger partial charge in [-0.3, -0.25) is 4.68 Å². The Hall–Kier alpha value is -2.57. The van der Waals surface area contributed by atoms with Crippen LogP contribution in [0.1, 0.15) is 39.1 Å². The molecule has 1 aliphatic heterocycles. The van der Waals surface area contributed by atoms with Gasteiger partial charge in [-0.1, -0.05) is 20.8 Å². The molecule has 0 saturated carbocycles. The molecular weight excluding hydrogens is 318 g/mol. The van der Waals surface area contributed by atoms with Crippen molar-refractivity contribution in [3.8, 4) is 5.88 Å². The van der Waals surface area contributed by atoms with Crippen LogP contribution in [-0.4, -0.2) is 38.8 Å². The highest BCUT2D eigenvalue weighted by molar-refractivity contribution is 5.90. The van der Waals surface area contributed by atoms with E-state index in [9.17, 15) is 4.79 Å². The number of hydrogen-bond acceptors (Lipinski definition) is 4. The third-order valence-electron chi connectivity index (χ3n) is 4.15. The number of pyridine rings is 1. The van der Waals surface area contributed by atoms with Gasteiger partial charge in [0.25, 0.3) is 0 Å². The van der Waals surface area contributed by atoms with Gasteiger partial charge in [-0.05, 0) is 25.1 Å². The van der Waals surface area contributed by atoms with Crippen molar-refractivity contribution in [2.45, 2.75) is 46.2 Å². The van der Waals surface area contributed by atoms with Crippen molar-refractivity contribution in [1.29, 1.82) is 0 Å². The predicted molar refractivity (Wildman–Crippen MR) is 95.8 cm³/mol. The molecule has 0 spiro atoms. The molecule has 2 aromatic heterocycles. The van der Waals surface area contributed by atoms with Crippen molar-refractivity contribution < 1.29 is 9.53 Å². The van der Waals surface area contributed by atoms with Crippen LogP contribution >= 0.6 is 0 Å². The smallest absolute Gasteiger partial charge is 0.322 e. The number of ether oxygens (including phenoxy) is 1. The van der Waals surface area contributed by atoms with E-state index in [1.54, 1.807) is 23.2 Å². The van der Waals surface area contributed by atoms with Gasteiger partial charge in [0.2, 0.25) is 5.88 Å². The zero-order valence-electron chi connectivity index (χ0n) is 15.2. The Bertz CT molecular complexity index is 763. The first kappa shape index (κ1) is 17.3. The number of carbonyl (C=O) groups excluding carboxylic acids is 1. The molecule has 1 aliphatic rings. The summed E-state index contributed by atoms with van der Waals surface area (Å²) in [6.07, 6.45) is 1.65. The second kappa shape index (κ2) is 6.74. The molecule has 3 rings (SSSR count). The van der Waals surface area contributed by atoms with E-state index in [1.807, 2.05) is 11.6 Å². The second-order valence-corrected chi connectivity index (χ2v) is 7.13. The summed E-state index contributed by atoms with van der Waals surface area (Å²) in [6.45, 7) is 10.7. The third-order valence-corrected chi connectivity index (χ3v) is 4.15. The minimum absolute atomic E-state index is 0.000467. The number of hydrogen-bond donors (Lipinski definition) is 1. The van der Waals surface area contributed by atoms with Gasteiger partial charge in [0.15, 0.2) is 0 Å². The number of fused-ring (bicyclic) bond motifs is 1. The SMILES string of the molecule is CCOc1ncccc1NC(=O)N1CCn2nc(C(C)(C)C)cc2C1. The normalized spacial score (nSPS) is 14.2. The fourth-order valence-electron chi connectivity index (χ4n) is 2.74. The Labute approximate surface area is 148 Å². The molecule has 0 aromatic carbocycles. The van der Waals surface area contributed by atoms with Crippen LogP contribution in [0, 0.1) is 0 Å². The highest BCUT2D eigenvalue weighted by Crippen LogP contribution is 2.25. The molecule has 0 radical (unpaired) electrons. The largest absolute Gasteiger partial charge is 0.476 e. The first-order valence-electron chi connectivity index (χ1n) is 8.59. The van der Waals surface area contributed by atoms with Gasteiger partial charge in [-0.25, -0.2) is 9.78 Å². The fourth-order valence-corrected chi connectivity index (χ4v) is 2.74. The van der Waals surface area contributed by atoms with E-state index in [2.05, 4.69) is 42.2 Å². The summed E-state index contributed by atoms with van der Waals surface area (Å²) in [6, 6.07) is 5.51. The number of urea groups is 1. The summed E-state index contributed by atoms with van der Waals surface area (Å²) < 4.78 is 7.46. The fraction of sp³-hybridized carbons (Fsp3) is 0.500. The molecule has 7 nitrogen and oxygen atoms in total. The molecular formula is C18H25N5O2. The van der Waals surface area contributed by atoms with Crippen molar-refractivity contribution in [1.82, 2.24) is 19.7 Å². The van der Waals surface area contributed by atoms with Gasteiger partial charge in [0, 0.05) is 18.2 Å². The number of nitrogens with one attached hydrogen (secondary N) is 1. The molecule has 134 valence electrons. The summed E-state index contributed by atoms with van der Waals surface area (Å²) in [5.74, 6) is 0.440. The molecule has 0 unspecified atom stereocenters. The van der Waals surface area contributed by atoms with E-state index in [0.717, 1.165) is 11.4 Å². The molecule has 1 N–H and O–H groups in total. The lowest BCUT2D eigenvalue weighted by molar-refractivity contribution is 0.194. The summed E-state index contributed by atoms with van der Waals surface area (Å²) in [5, 5.41) is 7.57. The molecule has 25 heavy (non-hydrogen) atoms. The topological polar surface area (TPSA) is 72.3 Å². The molecule has 0 bridgehead atoms. The van der Waals surface area contributed by atoms with Crippen LogP contribution in [-0.2, 0) is 18.5 Å². The Morgan fingerprint density at radius 1 is 1.36 bits per heavy atom. The maximum atomic E-state index is 12.6. The molecule has 0 atom stereocenters. The van der Waals surface area contributed by atoms with Crippen LogP contribution < -0.4 is 10.1 Å². The van der Waals surface area contributed by atoms with Crippen LogP contribution in [0.4, 0.5) is 10.5 Å². The summed E-state index contributed by atoms with van der Waals surface area (Å²) >= 11 is 0. The van der Waals surface area contributed by atoms with Crippen LogP contribution in [0.3, 0.4) is 0 Å². The monoisotopic (exact) mass is 343 g/mol. The zero-order chi connectivity index (χ0) is 18.0. The second-order valence-electron chi connectivity index (χ2n) is 7.13. The number of aromatic nitrogens is 3. The van der Waals surface area contributed by atoms with E-state index in [0.29, 0.717) is 37.8 Å².